The van der Waals surface area contributed by atoms with Crippen molar-refractivity contribution < 1.29 is 43.0 Å². The van der Waals surface area contributed by atoms with Gasteiger partial charge < -0.3 is 24.4 Å². The van der Waals surface area contributed by atoms with Crippen LogP contribution in [-0.2, 0) is 28.2 Å². The van der Waals surface area contributed by atoms with E-state index in [2.05, 4.69) is 84.4 Å². The van der Waals surface area contributed by atoms with Crippen molar-refractivity contribution in [2.24, 2.45) is 0 Å². The minimum atomic E-state index is -4.80. The molecule has 0 bridgehead atoms. The van der Waals surface area contributed by atoms with Gasteiger partial charge in [-0.1, -0.05) is 135 Å². The van der Waals surface area contributed by atoms with Crippen molar-refractivity contribution in [1.82, 2.24) is 0 Å². The average Bonchev–Trinajstić information content (AvgIpc) is 3.13. The van der Waals surface area contributed by atoms with Crippen molar-refractivity contribution in [3.63, 3.8) is 0 Å². The number of aliphatic hydroxyl groups excluding tert-OH is 1. The van der Waals surface area contributed by atoms with Crippen LogP contribution in [0.2, 0.25) is 0 Å². The fourth-order valence-corrected chi connectivity index (χ4v) is 4.58. The number of hydrogen-bond acceptors (Lipinski definition) is 7. The topological polar surface area (TPSA) is 140 Å². The molecule has 0 aliphatic rings. The van der Waals surface area contributed by atoms with E-state index >= 15 is 0 Å². The van der Waals surface area contributed by atoms with Gasteiger partial charge in [0.15, 0.2) is 6.10 Å². The molecule has 0 aliphatic heterocycles. The molecule has 0 radical (unpaired) electrons. The number of carbonyl (C=O) groups is 2. The Morgan fingerprint density at radius 2 is 1.02 bits per heavy atom. The Kier molecular flexibility index (Phi) is 34.3. The maximum atomic E-state index is 12.3. The molecule has 0 aromatic heterocycles. The first-order chi connectivity index (χ1) is 25.7. The molecule has 0 aliphatic carbocycles. The zero-order valence-corrected chi connectivity index (χ0v) is 32.9. The minimum absolute atomic E-state index is 0.106. The zero-order valence-electron chi connectivity index (χ0n) is 32.0. The van der Waals surface area contributed by atoms with E-state index in [4.69, 9.17) is 19.3 Å². The highest BCUT2D eigenvalue weighted by molar-refractivity contribution is 7.46. The van der Waals surface area contributed by atoms with Gasteiger partial charge in [0.2, 0.25) is 0 Å². The van der Waals surface area contributed by atoms with E-state index in [0.29, 0.717) is 32.1 Å². The third-order valence-electron chi connectivity index (χ3n) is 7.13. The summed E-state index contributed by atoms with van der Waals surface area (Å²) in [6.45, 7) is 3.11. The molecule has 9 nitrogen and oxygen atoms in total. The van der Waals surface area contributed by atoms with Gasteiger partial charge in [-0.05, 0) is 83.5 Å². The van der Waals surface area contributed by atoms with Gasteiger partial charge in [0, 0.05) is 12.8 Å². The number of aliphatic hydroxyl groups is 1. The lowest BCUT2D eigenvalue weighted by molar-refractivity contribution is -0.161. The van der Waals surface area contributed by atoms with E-state index in [0.717, 1.165) is 51.4 Å². The first kappa shape index (κ1) is 49.4. The monoisotopic (exact) mass is 756 g/mol. The number of rotatable bonds is 32. The first-order valence-corrected chi connectivity index (χ1v) is 20.5. The van der Waals surface area contributed by atoms with Crippen molar-refractivity contribution >= 4 is 19.8 Å². The van der Waals surface area contributed by atoms with Crippen molar-refractivity contribution in [3.05, 3.63) is 122 Å². The largest absolute Gasteiger partial charge is 0.469 e. The summed E-state index contributed by atoms with van der Waals surface area (Å²) in [7, 11) is -4.80. The molecule has 0 fully saturated rings. The molecule has 0 saturated carbocycles. The summed E-state index contributed by atoms with van der Waals surface area (Å²) in [4.78, 5) is 42.7. The fourth-order valence-electron chi connectivity index (χ4n) is 4.22. The van der Waals surface area contributed by atoms with Gasteiger partial charge in [0.05, 0.1) is 12.7 Å². The number of ether oxygens (including phenoxy) is 2. The van der Waals surface area contributed by atoms with Gasteiger partial charge in [-0.15, -0.1) is 0 Å². The molecular weight excluding hydrogens is 691 g/mol. The second kappa shape index (κ2) is 36.8. The van der Waals surface area contributed by atoms with Gasteiger partial charge in [0.1, 0.15) is 6.61 Å². The van der Waals surface area contributed by atoms with E-state index in [1.807, 2.05) is 49.5 Å². The van der Waals surface area contributed by atoms with Crippen molar-refractivity contribution in [3.8, 4) is 0 Å². The summed E-state index contributed by atoms with van der Waals surface area (Å²) in [5, 5.41) is 9.45. The maximum absolute atomic E-state index is 12.3. The molecule has 3 N–H and O–H groups in total. The third-order valence-corrected chi connectivity index (χ3v) is 7.62. The fraction of sp³-hybridized carbons (Fsp3) is 0.488. The molecular formula is C43H65O9P. The minimum Gasteiger partial charge on any atom is -0.462 e. The second-order valence-corrected chi connectivity index (χ2v) is 13.2. The summed E-state index contributed by atoms with van der Waals surface area (Å²) in [5.74, 6) is -1.06. The van der Waals surface area contributed by atoms with E-state index in [1.54, 1.807) is 6.08 Å². The van der Waals surface area contributed by atoms with Crippen LogP contribution in [0.3, 0.4) is 0 Å². The molecule has 53 heavy (non-hydrogen) atoms. The summed E-state index contributed by atoms with van der Waals surface area (Å²) in [6, 6.07) is 0. The standard InChI is InChI=1S/C43H65O9P/c1-3-5-6-7-8-9-10-11-12-13-14-19-22-25-28-31-34-37-43(46)52-41(39-51-53(47,48)49)38-50-42(45)36-33-30-27-24-21-18-16-15-17-20-23-26-29-32-35-40(44)4-2/h5-6,8-9,11-12,14,16-20,24-29,32,35,40-41,44H,3-4,7,10,13,15,21-23,30-31,33-34,36-39H2,1-2H3,(H2,47,48,49)/b6-5-,9-8-,12-11-,18-16-,19-14-,20-17-,27-24-,28-25-,29-26-,35-32+/t40-,41+/m0/s1. The molecule has 0 unspecified atom stereocenters. The van der Waals surface area contributed by atoms with E-state index in [1.165, 1.54) is 0 Å². The van der Waals surface area contributed by atoms with Crippen molar-refractivity contribution in [1.29, 1.82) is 0 Å². The van der Waals surface area contributed by atoms with Crippen LogP contribution in [0.15, 0.2) is 122 Å². The van der Waals surface area contributed by atoms with Crippen LogP contribution in [0.4, 0.5) is 0 Å². The van der Waals surface area contributed by atoms with Gasteiger partial charge in [-0.3, -0.25) is 14.1 Å². The van der Waals surface area contributed by atoms with Crippen LogP contribution < -0.4 is 0 Å². The smallest absolute Gasteiger partial charge is 0.462 e. The lowest BCUT2D eigenvalue weighted by Crippen LogP contribution is -2.29. The quantitative estimate of drug-likeness (QED) is 0.0201. The Labute approximate surface area is 319 Å². The SMILES string of the molecule is CC/C=C\C/C=C\C/C=C\C/C=C\C/C=C\CCCC(=O)O[C@H](COC(=O)CCC/C=C\C/C=C\C/C=C\C/C=C\C=C\[C@@H](O)CC)COP(=O)(O)O. The van der Waals surface area contributed by atoms with E-state index in [-0.39, 0.29) is 25.6 Å². The highest BCUT2D eigenvalue weighted by atomic mass is 31.2. The molecule has 0 amide bonds. The molecule has 0 spiro atoms. The van der Waals surface area contributed by atoms with Crippen LogP contribution in [-0.4, -0.2) is 52.3 Å². The summed E-state index contributed by atoms with van der Waals surface area (Å²) in [6.07, 6.45) is 50.2. The van der Waals surface area contributed by atoms with Crippen LogP contribution in [0, 0.1) is 0 Å². The lowest BCUT2D eigenvalue weighted by Gasteiger charge is -2.18. The number of phosphoric acid groups is 1. The van der Waals surface area contributed by atoms with Gasteiger partial charge in [0.25, 0.3) is 0 Å². The van der Waals surface area contributed by atoms with Crippen molar-refractivity contribution in [2.75, 3.05) is 13.2 Å². The molecule has 0 heterocycles. The Morgan fingerprint density at radius 3 is 1.47 bits per heavy atom. The molecule has 2 atom stereocenters. The highest BCUT2D eigenvalue weighted by Gasteiger charge is 2.22. The van der Waals surface area contributed by atoms with Gasteiger partial charge in [-0.25, -0.2) is 4.57 Å². The van der Waals surface area contributed by atoms with Crippen LogP contribution >= 0.6 is 7.82 Å². The Hall–Kier alpha value is -3.59. The molecule has 0 aromatic rings. The van der Waals surface area contributed by atoms with Crippen LogP contribution in [0.25, 0.3) is 0 Å². The second-order valence-electron chi connectivity index (χ2n) is 12.0. The molecule has 0 saturated heterocycles. The summed E-state index contributed by atoms with van der Waals surface area (Å²) < 4.78 is 26.2. The van der Waals surface area contributed by atoms with Gasteiger partial charge >= 0.3 is 19.8 Å². The van der Waals surface area contributed by atoms with E-state index < -0.39 is 32.5 Å². The Bertz CT molecular complexity index is 1280. The number of phosphoric ester groups is 1. The average molecular weight is 757 g/mol. The molecule has 296 valence electrons. The number of carbonyl (C=O) groups excluding carboxylic acids is 2. The number of allylic oxidation sites excluding steroid dienone is 19. The normalized spacial score (nSPS) is 14.4. The lowest BCUT2D eigenvalue weighted by atomic mass is 10.2. The first-order valence-electron chi connectivity index (χ1n) is 18.9. The maximum Gasteiger partial charge on any atom is 0.469 e. The molecule has 0 aromatic carbocycles. The highest BCUT2D eigenvalue weighted by Crippen LogP contribution is 2.35. The number of esters is 2. The summed E-state index contributed by atoms with van der Waals surface area (Å²) >= 11 is 0. The molecule has 10 heteroatoms. The number of hydrogen-bond donors (Lipinski definition) is 3. The number of unbranched alkanes of at least 4 members (excludes halogenated alkanes) is 2. The van der Waals surface area contributed by atoms with Crippen molar-refractivity contribution in [2.45, 2.75) is 122 Å². The Balaban J connectivity index is 4.22. The van der Waals surface area contributed by atoms with Crippen LogP contribution in [0.5, 0.6) is 0 Å². The Morgan fingerprint density at radius 1 is 0.585 bits per heavy atom. The molecule has 0 rings (SSSR count). The van der Waals surface area contributed by atoms with Crippen LogP contribution in [0.1, 0.15) is 110 Å². The summed E-state index contributed by atoms with van der Waals surface area (Å²) in [5.41, 5.74) is 0. The third kappa shape index (κ3) is 39.5. The van der Waals surface area contributed by atoms with Gasteiger partial charge in [-0.2, -0.15) is 0 Å². The van der Waals surface area contributed by atoms with E-state index in [9.17, 15) is 19.3 Å². The predicted molar refractivity (Wildman–Crippen MR) is 217 cm³/mol. The zero-order chi connectivity index (χ0) is 39.1. The predicted octanol–water partition coefficient (Wildman–Crippen LogP) is 10.4.